The van der Waals surface area contributed by atoms with Crippen molar-refractivity contribution in [1.29, 1.82) is 0 Å². The van der Waals surface area contributed by atoms with Crippen LogP contribution in [0.2, 0.25) is 0 Å². The number of carbonyl (C=O) groups is 1. The van der Waals surface area contributed by atoms with Crippen molar-refractivity contribution in [3.8, 4) is 0 Å². The van der Waals surface area contributed by atoms with E-state index in [-0.39, 0.29) is 23.5 Å². The van der Waals surface area contributed by atoms with Gasteiger partial charge in [0.15, 0.2) is 11.5 Å². The van der Waals surface area contributed by atoms with E-state index in [9.17, 15) is 4.79 Å². The molecule has 1 atom stereocenters. The summed E-state index contributed by atoms with van der Waals surface area (Å²) in [6, 6.07) is 8.52. The molecule has 6 heteroatoms. The molecule has 2 rings (SSSR count). The molecule has 0 saturated heterocycles. The minimum absolute atomic E-state index is 0.0720. The van der Waals surface area contributed by atoms with E-state index < -0.39 is 0 Å². The van der Waals surface area contributed by atoms with E-state index in [0.717, 1.165) is 12.0 Å². The van der Waals surface area contributed by atoms with Crippen LogP contribution in [-0.4, -0.2) is 41.4 Å². The molecular formula is C17H23N5O. The van der Waals surface area contributed by atoms with Crippen molar-refractivity contribution >= 4 is 11.7 Å². The Hall–Kier alpha value is -2.47. The molecule has 1 amide bonds. The predicted molar refractivity (Wildman–Crippen MR) is 91.0 cm³/mol. The molecule has 23 heavy (non-hydrogen) atoms. The number of nitrogen functional groups attached to an aromatic ring is 1. The van der Waals surface area contributed by atoms with Gasteiger partial charge in [0.25, 0.3) is 5.91 Å². The SMILES string of the molecule is CCc1ccc(C(CNC(=O)c2nccnc2N)N(C)C)cc1. The quantitative estimate of drug-likeness (QED) is 0.847. The molecule has 1 unspecified atom stereocenters. The smallest absolute Gasteiger partial charge is 0.273 e. The molecule has 3 N–H and O–H groups in total. The third kappa shape index (κ3) is 4.26. The summed E-state index contributed by atoms with van der Waals surface area (Å²) in [6.45, 7) is 2.59. The van der Waals surface area contributed by atoms with E-state index in [4.69, 9.17) is 5.73 Å². The maximum Gasteiger partial charge on any atom is 0.273 e. The number of rotatable bonds is 6. The standard InChI is InChI=1S/C17H23N5O/c1-4-12-5-7-13(8-6-12)14(22(2)3)11-21-17(23)15-16(18)20-10-9-19-15/h5-10,14H,4,11H2,1-3H3,(H2,18,20)(H,21,23). The zero-order valence-corrected chi connectivity index (χ0v) is 13.8. The van der Waals surface area contributed by atoms with Crippen LogP contribution in [0.15, 0.2) is 36.7 Å². The Morgan fingerprint density at radius 2 is 1.87 bits per heavy atom. The molecule has 1 aromatic carbocycles. The minimum atomic E-state index is -0.312. The first kappa shape index (κ1) is 16.9. The number of hydrogen-bond acceptors (Lipinski definition) is 5. The third-order valence-corrected chi connectivity index (χ3v) is 3.79. The summed E-state index contributed by atoms with van der Waals surface area (Å²) in [4.78, 5) is 22.1. The van der Waals surface area contributed by atoms with Gasteiger partial charge in [-0.3, -0.25) is 4.79 Å². The number of likely N-dealkylation sites (N-methyl/N-ethyl adjacent to an activating group) is 1. The Kier molecular flexibility index (Phi) is 5.65. The highest BCUT2D eigenvalue weighted by Gasteiger charge is 2.17. The first-order chi connectivity index (χ1) is 11.0. The van der Waals surface area contributed by atoms with Crippen molar-refractivity contribution in [3.63, 3.8) is 0 Å². The molecule has 0 aliphatic heterocycles. The number of amides is 1. The third-order valence-electron chi connectivity index (χ3n) is 3.79. The van der Waals surface area contributed by atoms with Crippen LogP contribution >= 0.6 is 0 Å². The van der Waals surface area contributed by atoms with Crippen molar-refractivity contribution in [2.24, 2.45) is 0 Å². The molecule has 122 valence electrons. The monoisotopic (exact) mass is 313 g/mol. The van der Waals surface area contributed by atoms with Crippen LogP contribution in [-0.2, 0) is 6.42 Å². The number of nitrogens with zero attached hydrogens (tertiary/aromatic N) is 3. The fraction of sp³-hybridized carbons (Fsp3) is 0.353. The largest absolute Gasteiger partial charge is 0.382 e. The molecule has 1 aromatic heterocycles. The van der Waals surface area contributed by atoms with Gasteiger partial charge in [0.1, 0.15) is 0 Å². The molecule has 0 aliphatic carbocycles. The lowest BCUT2D eigenvalue weighted by molar-refractivity contribution is 0.0937. The summed E-state index contributed by atoms with van der Waals surface area (Å²) >= 11 is 0. The Labute approximate surface area is 136 Å². The minimum Gasteiger partial charge on any atom is -0.382 e. The number of anilines is 1. The van der Waals surface area contributed by atoms with Crippen LogP contribution in [0.3, 0.4) is 0 Å². The number of benzene rings is 1. The average molecular weight is 313 g/mol. The van der Waals surface area contributed by atoms with Crippen LogP contribution in [0, 0.1) is 0 Å². The highest BCUT2D eigenvalue weighted by atomic mass is 16.1. The lowest BCUT2D eigenvalue weighted by atomic mass is 10.0. The van der Waals surface area contributed by atoms with Gasteiger partial charge in [0.05, 0.1) is 6.04 Å². The first-order valence-corrected chi connectivity index (χ1v) is 7.62. The lowest BCUT2D eigenvalue weighted by Gasteiger charge is -2.25. The number of nitrogens with one attached hydrogen (secondary N) is 1. The maximum absolute atomic E-state index is 12.2. The van der Waals surface area contributed by atoms with Crippen LogP contribution in [0.1, 0.15) is 34.6 Å². The highest BCUT2D eigenvalue weighted by Crippen LogP contribution is 2.18. The molecule has 2 aromatic rings. The topological polar surface area (TPSA) is 84.1 Å². The zero-order valence-electron chi connectivity index (χ0n) is 13.8. The number of aromatic nitrogens is 2. The Morgan fingerprint density at radius 1 is 1.22 bits per heavy atom. The van der Waals surface area contributed by atoms with E-state index in [1.54, 1.807) is 0 Å². The van der Waals surface area contributed by atoms with Crippen LogP contribution in [0.25, 0.3) is 0 Å². The predicted octanol–water partition coefficient (Wildman–Crippen LogP) is 1.65. The number of hydrogen-bond donors (Lipinski definition) is 2. The summed E-state index contributed by atoms with van der Waals surface area (Å²) < 4.78 is 0. The van der Waals surface area contributed by atoms with Crippen LogP contribution in [0.5, 0.6) is 0 Å². The molecule has 1 heterocycles. The maximum atomic E-state index is 12.2. The van der Waals surface area contributed by atoms with Gasteiger partial charge in [-0.1, -0.05) is 31.2 Å². The van der Waals surface area contributed by atoms with Gasteiger partial charge < -0.3 is 16.0 Å². The first-order valence-electron chi connectivity index (χ1n) is 7.62. The Bertz CT molecular complexity index is 654. The van der Waals surface area contributed by atoms with E-state index in [2.05, 4.69) is 51.4 Å². The summed E-state index contributed by atoms with van der Waals surface area (Å²) in [5, 5.41) is 2.89. The van der Waals surface area contributed by atoms with Gasteiger partial charge in [0, 0.05) is 18.9 Å². The van der Waals surface area contributed by atoms with Gasteiger partial charge in [-0.2, -0.15) is 0 Å². The molecular weight excluding hydrogens is 290 g/mol. The highest BCUT2D eigenvalue weighted by molar-refractivity contribution is 5.96. The van der Waals surface area contributed by atoms with E-state index in [1.807, 2.05) is 14.1 Å². The second-order valence-electron chi connectivity index (χ2n) is 5.57. The fourth-order valence-corrected chi connectivity index (χ4v) is 2.37. The number of carbonyl (C=O) groups excluding carboxylic acids is 1. The van der Waals surface area contributed by atoms with Crippen molar-refractivity contribution in [2.75, 3.05) is 26.4 Å². The summed E-state index contributed by atoms with van der Waals surface area (Å²) in [5.41, 5.74) is 8.29. The lowest BCUT2D eigenvalue weighted by Crippen LogP contribution is -2.35. The van der Waals surface area contributed by atoms with Crippen molar-refractivity contribution < 1.29 is 4.79 Å². The summed E-state index contributed by atoms with van der Waals surface area (Å²) in [6.07, 6.45) is 3.93. The van der Waals surface area contributed by atoms with Crippen molar-refractivity contribution in [1.82, 2.24) is 20.2 Å². The zero-order chi connectivity index (χ0) is 16.8. The molecule has 0 radical (unpaired) electrons. The molecule has 0 fully saturated rings. The molecule has 0 saturated carbocycles. The number of aryl methyl sites for hydroxylation is 1. The summed E-state index contributed by atoms with van der Waals surface area (Å²) in [7, 11) is 3.97. The second kappa shape index (κ2) is 7.69. The second-order valence-corrected chi connectivity index (χ2v) is 5.57. The molecule has 6 nitrogen and oxygen atoms in total. The van der Waals surface area contributed by atoms with Gasteiger partial charge in [-0.05, 0) is 31.6 Å². The normalized spacial score (nSPS) is 12.2. The Balaban J connectivity index is 2.08. The Morgan fingerprint density at radius 3 is 2.43 bits per heavy atom. The molecule has 0 spiro atoms. The average Bonchev–Trinajstić information content (AvgIpc) is 2.55. The van der Waals surface area contributed by atoms with Gasteiger partial charge in [-0.15, -0.1) is 0 Å². The van der Waals surface area contributed by atoms with Gasteiger partial charge in [0.2, 0.25) is 0 Å². The van der Waals surface area contributed by atoms with E-state index >= 15 is 0 Å². The fourth-order valence-electron chi connectivity index (χ4n) is 2.37. The van der Waals surface area contributed by atoms with Crippen molar-refractivity contribution in [2.45, 2.75) is 19.4 Å². The molecule has 0 bridgehead atoms. The van der Waals surface area contributed by atoms with Gasteiger partial charge >= 0.3 is 0 Å². The van der Waals surface area contributed by atoms with Crippen molar-refractivity contribution in [3.05, 3.63) is 53.5 Å². The number of nitrogens with two attached hydrogens (primary N) is 1. The molecule has 0 aliphatic rings. The van der Waals surface area contributed by atoms with Crippen LogP contribution < -0.4 is 11.1 Å². The van der Waals surface area contributed by atoms with Gasteiger partial charge in [-0.25, -0.2) is 9.97 Å². The van der Waals surface area contributed by atoms with Crippen LogP contribution in [0.4, 0.5) is 5.82 Å². The van der Waals surface area contributed by atoms with E-state index in [1.165, 1.54) is 18.0 Å². The summed E-state index contributed by atoms with van der Waals surface area (Å²) in [5.74, 6) is -0.175. The van der Waals surface area contributed by atoms with E-state index in [0.29, 0.717) is 6.54 Å².